The van der Waals surface area contributed by atoms with E-state index in [2.05, 4.69) is 24.6 Å². The fourth-order valence-corrected chi connectivity index (χ4v) is 5.88. The van der Waals surface area contributed by atoms with E-state index in [9.17, 15) is 14.7 Å². The van der Waals surface area contributed by atoms with E-state index in [0.717, 1.165) is 22.0 Å². The summed E-state index contributed by atoms with van der Waals surface area (Å²) in [5, 5.41) is 9.24. The maximum atomic E-state index is 13.5. The highest BCUT2D eigenvalue weighted by atomic mass is 32.1. The molecule has 0 fully saturated rings. The van der Waals surface area contributed by atoms with Gasteiger partial charge in [0.15, 0.2) is 0 Å². The lowest BCUT2D eigenvalue weighted by atomic mass is 9.80. The Morgan fingerprint density at radius 2 is 2.18 bits per heavy atom. The molecule has 0 bridgehead atoms. The number of carbonyl (C=O) groups excluding carboxylic acids is 1. The van der Waals surface area contributed by atoms with Gasteiger partial charge in [0.1, 0.15) is 17.4 Å². The summed E-state index contributed by atoms with van der Waals surface area (Å²) in [4.78, 5) is 32.2. The van der Waals surface area contributed by atoms with Gasteiger partial charge >= 0.3 is 5.97 Å². The van der Waals surface area contributed by atoms with E-state index in [1.807, 2.05) is 12.1 Å². The highest BCUT2D eigenvalue weighted by molar-refractivity contribution is 7.14. The summed E-state index contributed by atoms with van der Waals surface area (Å²) in [5.41, 5.74) is 1.21. The first-order chi connectivity index (χ1) is 13.2. The molecule has 148 valence electrons. The Morgan fingerprint density at radius 1 is 1.39 bits per heavy atom. The number of fused-ring (bicyclic) bond motifs is 3. The molecule has 1 atom stereocenters. The number of aromatic carboxylic acids is 1. The molecular formula is C20H24N2O4SSi. The lowest BCUT2D eigenvalue weighted by Crippen LogP contribution is -2.42. The van der Waals surface area contributed by atoms with Crippen LogP contribution < -0.4 is 4.90 Å². The normalized spacial score (nSPS) is 20.7. The fourth-order valence-electron chi connectivity index (χ4n) is 3.98. The number of hydrogen-bond acceptors (Lipinski definition) is 5. The molecule has 0 aromatic carbocycles. The first kappa shape index (κ1) is 19.3. The van der Waals surface area contributed by atoms with E-state index in [0.29, 0.717) is 30.1 Å². The third-order valence-corrected chi connectivity index (χ3v) is 8.36. The number of pyridine rings is 1. The van der Waals surface area contributed by atoms with Crippen LogP contribution in [0, 0.1) is 0 Å². The van der Waals surface area contributed by atoms with Crippen LogP contribution in [0.3, 0.4) is 0 Å². The lowest BCUT2D eigenvalue weighted by Gasteiger charge is -2.24. The number of carboxylic acids is 1. The molecule has 0 saturated heterocycles. The van der Waals surface area contributed by atoms with Crippen LogP contribution in [-0.4, -0.2) is 43.4 Å². The highest BCUT2D eigenvalue weighted by Gasteiger charge is 2.55. The van der Waals surface area contributed by atoms with Gasteiger partial charge in [-0.1, -0.05) is 25.7 Å². The second kappa shape index (κ2) is 6.79. The van der Waals surface area contributed by atoms with E-state index < -0.39 is 19.5 Å². The monoisotopic (exact) mass is 416 g/mol. The van der Waals surface area contributed by atoms with Crippen molar-refractivity contribution < 1.29 is 19.4 Å². The minimum atomic E-state index is -1.19. The first-order valence-corrected chi connectivity index (χ1v) is 13.9. The van der Waals surface area contributed by atoms with Crippen molar-refractivity contribution in [3.8, 4) is 0 Å². The fraction of sp³-hybridized carbons (Fsp3) is 0.450. The first-order valence-electron chi connectivity index (χ1n) is 9.41. The van der Waals surface area contributed by atoms with E-state index in [4.69, 9.17) is 4.74 Å². The maximum absolute atomic E-state index is 13.5. The van der Waals surface area contributed by atoms with Gasteiger partial charge in [0.2, 0.25) is 5.91 Å². The Balaban J connectivity index is 1.57. The molecule has 0 radical (unpaired) electrons. The second-order valence-corrected chi connectivity index (χ2v) is 15.5. The largest absolute Gasteiger partial charge is 0.477 e. The van der Waals surface area contributed by atoms with Crippen molar-refractivity contribution in [2.75, 3.05) is 18.2 Å². The zero-order valence-corrected chi connectivity index (χ0v) is 18.1. The number of ether oxygens (including phenoxy) is 1. The minimum absolute atomic E-state index is 0.00878. The number of hydrogen-bond donors (Lipinski definition) is 1. The average molecular weight is 417 g/mol. The zero-order chi connectivity index (χ0) is 20.1. The summed E-state index contributed by atoms with van der Waals surface area (Å²) in [6, 6.07) is 6.59. The molecule has 1 aliphatic carbocycles. The van der Waals surface area contributed by atoms with Gasteiger partial charge in [-0.15, -0.1) is 11.3 Å². The number of carbonyl (C=O) groups is 2. The average Bonchev–Trinajstić information content (AvgIpc) is 3.23. The molecule has 1 amide bonds. The van der Waals surface area contributed by atoms with Crippen molar-refractivity contribution in [2.45, 2.75) is 43.9 Å². The SMILES string of the molecule is C[Si](C)(C)CCOCN1C(=O)[C@]2(Cc3cc(C(=O)O)sc3C2)c2cccnc21. The topological polar surface area (TPSA) is 79.7 Å². The van der Waals surface area contributed by atoms with Crippen molar-refractivity contribution in [3.05, 3.63) is 45.3 Å². The quantitative estimate of drug-likeness (QED) is 0.576. The molecule has 1 spiro atoms. The molecule has 1 aliphatic heterocycles. The number of rotatable bonds is 6. The third kappa shape index (κ3) is 3.19. The van der Waals surface area contributed by atoms with E-state index >= 15 is 0 Å². The van der Waals surface area contributed by atoms with Gasteiger partial charge < -0.3 is 9.84 Å². The molecule has 28 heavy (non-hydrogen) atoms. The van der Waals surface area contributed by atoms with Crippen molar-refractivity contribution >= 4 is 37.1 Å². The molecule has 4 rings (SSSR count). The minimum Gasteiger partial charge on any atom is -0.477 e. The summed E-state index contributed by atoms with van der Waals surface area (Å²) in [7, 11) is -1.19. The van der Waals surface area contributed by atoms with E-state index in [1.54, 1.807) is 17.2 Å². The van der Waals surface area contributed by atoms with Crippen molar-refractivity contribution in [1.29, 1.82) is 0 Å². The van der Waals surface area contributed by atoms with Gasteiger partial charge in [0.05, 0.1) is 5.41 Å². The van der Waals surface area contributed by atoms with Gasteiger partial charge in [-0.3, -0.25) is 9.69 Å². The van der Waals surface area contributed by atoms with Crippen LogP contribution in [0.25, 0.3) is 0 Å². The molecule has 2 aromatic heterocycles. The number of thiophene rings is 1. The van der Waals surface area contributed by atoms with Crippen LogP contribution in [0.4, 0.5) is 5.82 Å². The number of anilines is 1. The van der Waals surface area contributed by atoms with Crippen molar-refractivity contribution in [3.63, 3.8) is 0 Å². The van der Waals surface area contributed by atoms with E-state index in [1.165, 1.54) is 11.3 Å². The molecule has 2 aromatic rings. The molecule has 1 N–H and O–H groups in total. The van der Waals surface area contributed by atoms with Gasteiger partial charge in [-0.25, -0.2) is 9.78 Å². The third-order valence-electron chi connectivity index (χ3n) is 5.49. The summed E-state index contributed by atoms with van der Waals surface area (Å²) < 4.78 is 5.86. The smallest absolute Gasteiger partial charge is 0.345 e. The molecule has 8 heteroatoms. The van der Waals surface area contributed by atoms with Crippen LogP contribution in [0.5, 0.6) is 0 Å². The Labute approximate surface area is 169 Å². The highest BCUT2D eigenvalue weighted by Crippen LogP contribution is 2.50. The summed E-state index contributed by atoms with van der Waals surface area (Å²) in [6.07, 6.45) is 2.76. The Hall–Kier alpha value is -2.03. The van der Waals surface area contributed by atoms with Crippen LogP contribution >= 0.6 is 11.3 Å². The summed E-state index contributed by atoms with van der Waals surface area (Å²) >= 11 is 1.28. The van der Waals surface area contributed by atoms with Crippen LogP contribution in [-0.2, 0) is 27.8 Å². The van der Waals surface area contributed by atoms with Gasteiger partial charge in [0, 0.05) is 37.7 Å². The predicted octanol–water partition coefficient (Wildman–Crippen LogP) is 3.54. The van der Waals surface area contributed by atoms with Gasteiger partial charge in [-0.05, 0) is 30.2 Å². The standard InChI is InChI=1S/C20H24N2O4SSi/c1-28(2,3)8-7-26-12-22-17-14(5-4-6-21-17)20(19(22)25)10-13-9-15(18(23)24)27-16(13)11-20/h4-6,9H,7-8,10-12H2,1-3H3,(H,23,24)/t20-/m0/s1. The number of amides is 1. The molecular weight excluding hydrogens is 392 g/mol. The van der Waals surface area contributed by atoms with Crippen LogP contribution in [0.1, 0.15) is 25.7 Å². The van der Waals surface area contributed by atoms with Gasteiger partial charge in [-0.2, -0.15) is 0 Å². The maximum Gasteiger partial charge on any atom is 0.345 e. The van der Waals surface area contributed by atoms with Crippen LogP contribution in [0.15, 0.2) is 24.4 Å². The lowest BCUT2D eigenvalue weighted by molar-refractivity contribution is -0.124. The predicted molar refractivity (Wildman–Crippen MR) is 111 cm³/mol. The summed E-state index contributed by atoms with van der Waals surface area (Å²) in [5.74, 6) is -0.228. The molecule has 3 heterocycles. The summed E-state index contributed by atoms with van der Waals surface area (Å²) in [6.45, 7) is 7.75. The zero-order valence-electron chi connectivity index (χ0n) is 16.3. The Kier molecular flexibility index (Phi) is 4.68. The molecule has 2 aliphatic rings. The molecule has 0 unspecified atom stereocenters. The molecule has 0 saturated carbocycles. The van der Waals surface area contributed by atoms with E-state index in [-0.39, 0.29) is 12.6 Å². The number of nitrogens with zero attached hydrogens (tertiary/aromatic N) is 2. The number of carboxylic acid groups (broad SMARTS) is 1. The number of aromatic nitrogens is 1. The van der Waals surface area contributed by atoms with Crippen molar-refractivity contribution in [1.82, 2.24) is 4.98 Å². The Morgan fingerprint density at radius 3 is 2.86 bits per heavy atom. The van der Waals surface area contributed by atoms with Gasteiger partial charge in [0.25, 0.3) is 0 Å². The second-order valence-electron chi connectivity index (χ2n) is 8.76. The van der Waals surface area contributed by atoms with Crippen molar-refractivity contribution in [2.24, 2.45) is 0 Å². The van der Waals surface area contributed by atoms with Crippen LogP contribution in [0.2, 0.25) is 25.7 Å². The molecule has 6 nitrogen and oxygen atoms in total. The Bertz CT molecular complexity index is 926.